The molecular formula is C14H11Cl3N2O2. The van der Waals surface area contributed by atoms with Gasteiger partial charge in [0.05, 0.1) is 12.3 Å². The topological polar surface area (TPSA) is 76.2 Å². The van der Waals surface area contributed by atoms with Gasteiger partial charge in [0.2, 0.25) is 5.91 Å². The van der Waals surface area contributed by atoms with Gasteiger partial charge in [0, 0.05) is 15.6 Å². The van der Waals surface area contributed by atoms with Gasteiger partial charge in [-0.05, 0) is 29.8 Å². The molecule has 3 N–H and O–H groups in total. The van der Waals surface area contributed by atoms with E-state index >= 15 is 0 Å². The Morgan fingerprint density at radius 2 is 1.86 bits per heavy atom. The molecule has 0 aliphatic carbocycles. The Morgan fingerprint density at radius 1 is 1.24 bits per heavy atom. The molecule has 110 valence electrons. The van der Waals surface area contributed by atoms with Gasteiger partial charge in [-0.1, -0.05) is 40.9 Å². The van der Waals surface area contributed by atoms with Crippen LogP contribution in [0.5, 0.6) is 0 Å². The van der Waals surface area contributed by atoms with Crippen molar-refractivity contribution in [2.24, 2.45) is 5.73 Å². The fourth-order valence-electron chi connectivity index (χ4n) is 2.03. The molecule has 4 nitrogen and oxygen atoms in total. The minimum absolute atomic E-state index is 0.144. The van der Waals surface area contributed by atoms with Crippen LogP contribution in [-0.2, 0) is 11.4 Å². The van der Waals surface area contributed by atoms with Crippen molar-refractivity contribution < 1.29 is 9.90 Å². The minimum atomic E-state index is -0.949. The molecule has 0 fully saturated rings. The summed E-state index contributed by atoms with van der Waals surface area (Å²) >= 11 is 18.2. The van der Waals surface area contributed by atoms with Crippen molar-refractivity contribution in [1.29, 1.82) is 0 Å². The zero-order chi connectivity index (χ0) is 15.6. The average Bonchev–Trinajstić information content (AvgIpc) is 2.41. The number of halogens is 3. The summed E-state index contributed by atoms with van der Waals surface area (Å²) < 4.78 is 0. The lowest BCUT2D eigenvalue weighted by molar-refractivity contribution is -0.118. The minimum Gasteiger partial charge on any atom is -0.392 e. The number of aliphatic hydroxyl groups is 1. The van der Waals surface area contributed by atoms with E-state index < -0.39 is 11.8 Å². The van der Waals surface area contributed by atoms with Gasteiger partial charge < -0.3 is 10.8 Å². The van der Waals surface area contributed by atoms with Gasteiger partial charge in [0.25, 0.3) is 0 Å². The van der Waals surface area contributed by atoms with E-state index in [2.05, 4.69) is 4.98 Å². The first-order valence-electron chi connectivity index (χ1n) is 5.94. The second kappa shape index (κ2) is 6.62. The number of aliphatic hydroxyl groups excluding tert-OH is 1. The third-order valence-electron chi connectivity index (χ3n) is 2.92. The van der Waals surface area contributed by atoms with Gasteiger partial charge in [-0.2, -0.15) is 0 Å². The van der Waals surface area contributed by atoms with Gasteiger partial charge in [-0.3, -0.25) is 4.79 Å². The third-order valence-corrected chi connectivity index (χ3v) is 3.78. The van der Waals surface area contributed by atoms with Crippen molar-refractivity contribution in [1.82, 2.24) is 4.98 Å². The number of primary amides is 1. The van der Waals surface area contributed by atoms with Crippen molar-refractivity contribution in [3.05, 3.63) is 62.4 Å². The van der Waals surface area contributed by atoms with Crippen molar-refractivity contribution in [2.45, 2.75) is 12.5 Å². The molecule has 0 aliphatic rings. The first-order chi connectivity index (χ1) is 9.93. The molecule has 1 aromatic carbocycles. The standard InChI is InChI=1S/C14H11Cl3N2O2/c15-8-2-1-3-9(16)12(8)13(14(18)21)10-4-7(6-20)5-11(17)19-10/h1-5,13,20H,6H2,(H2,18,21). The molecule has 2 rings (SSSR count). The number of aromatic nitrogens is 1. The van der Waals surface area contributed by atoms with E-state index in [4.69, 9.17) is 40.5 Å². The lowest BCUT2D eigenvalue weighted by atomic mass is 9.93. The van der Waals surface area contributed by atoms with Crippen molar-refractivity contribution in [3.63, 3.8) is 0 Å². The Balaban J connectivity index is 2.65. The number of nitrogens with two attached hydrogens (primary N) is 1. The van der Waals surface area contributed by atoms with Gasteiger partial charge in [0.15, 0.2) is 0 Å². The smallest absolute Gasteiger partial charge is 0.231 e. The molecule has 0 radical (unpaired) electrons. The number of rotatable bonds is 4. The molecule has 1 unspecified atom stereocenters. The van der Waals surface area contributed by atoms with Crippen molar-refractivity contribution in [2.75, 3.05) is 0 Å². The molecule has 1 aromatic heterocycles. The van der Waals surface area contributed by atoms with Crippen LogP contribution in [0, 0.1) is 0 Å². The number of hydrogen-bond donors (Lipinski definition) is 2. The number of amides is 1. The van der Waals surface area contributed by atoms with E-state index in [1.807, 2.05) is 0 Å². The van der Waals surface area contributed by atoms with Crippen LogP contribution in [0.2, 0.25) is 15.2 Å². The van der Waals surface area contributed by atoms with Crippen LogP contribution in [0.15, 0.2) is 30.3 Å². The number of pyridine rings is 1. The van der Waals surface area contributed by atoms with E-state index in [0.717, 1.165) is 0 Å². The summed E-state index contributed by atoms with van der Waals surface area (Å²) in [5, 5.41) is 9.98. The van der Waals surface area contributed by atoms with E-state index in [-0.39, 0.29) is 17.5 Å². The van der Waals surface area contributed by atoms with E-state index in [1.165, 1.54) is 6.07 Å². The summed E-state index contributed by atoms with van der Waals surface area (Å²) in [5.41, 5.74) is 6.65. The maximum atomic E-state index is 11.9. The van der Waals surface area contributed by atoms with E-state index in [9.17, 15) is 9.90 Å². The Kier molecular flexibility index (Phi) is 5.06. The SMILES string of the molecule is NC(=O)C(c1cc(CO)cc(Cl)n1)c1c(Cl)cccc1Cl. The van der Waals surface area contributed by atoms with Crippen LogP contribution in [0.4, 0.5) is 0 Å². The number of benzene rings is 1. The van der Waals surface area contributed by atoms with Crippen LogP contribution < -0.4 is 5.73 Å². The van der Waals surface area contributed by atoms with E-state index in [0.29, 0.717) is 21.2 Å². The molecule has 0 aliphatic heterocycles. The molecule has 21 heavy (non-hydrogen) atoms. The normalized spacial score (nSPS) is 12.2. The fourth-order valence-corrected chi connectivity index (χ4v) is 2.89. The number of carbonyl (C=O) groups excluding carboxylic acids is 1. The summed E-state index contributed by atoms with van der Waals surface area (Å²) in [4.78, 5) is 16.0. The predicted molar refractivity (Wildman–Crippen MR) is 82.7 cm³/mol. The van der Waals surface area contributed by atoms with Crippen LogP contribution in [-0.4, -0.2) is 16.0 Å². The van der Waals surface area contributed by atoms with E-state index in [1.54, 1.807) is 24.3 Å². The molecule has 0 bridgehead atoms. The highest BCUT2D eigenvalue weighted by Crippen LogP contribution is 2.35. The number of nitrogens with zero attached hydrogens (tertiary/aromatic N) is 1. The van der Waals surface area contributed by atoms with Gasteiger partial charge in [-0.25, -0.2) is 4.98 Å². The summed E-state index contributed by atoms with van der Waals surface area (Å²) in [5.74, 6) is -1.61. The molecule has 7 heteroatoms. The third kappa shape index (κ3) is 3.47. The monoisotopic (exact) mass is 344 g/mol. The average molecular weight is 346 g/mol. The Hall–Kier alpha value is -1.33. The summed E-state index contributed by atoms with van der Waals surface area (Å²) in [6, 6.07) is 7.92. The lowest BCUT2D eigenvalue weighted by Gasteiger charge is -2.17. The Morgan fingerprint density at radius 3 is 2.38 bits per heavy atom. The molecule has 0 saturated carbocycles. The van der Waals surface area contributed by atoms with Crippen LogP contribution in [0.3, 0.4) is 0 Å². The van der Waals surface area contributed by atoms with Crippen molar-refractivity contribution in [3.8, 4) is 0 Å². The first-order valence-corrected chi connectivity index (χ1v) is 7.08. The highest BCUT2D eigenvalue weighted by molar-refractivity contribution is 6.36. The molecular weight excluding hydrogens is 335 g/mol. The summed E-state index contributed by atoms with van der Waals surface area (Å²) in [6.45, 7) is -0.239. The lowest BCUT2D eigenvalue weighted by Crippen LogP contribution is -2.24. The van der Waals surface area contributed by atoms with Crippen LogP contribution in [0.1, 0.15) is 22.7 Å². The van der Waals surface area contributed by atoms with Crippen molar-refractivity contribution >= 4 is 40.7 Å². The molecule has 1 atom stereocenters. The molecule has 0 saturated heterocycles. The fraction of sp³-hybridized carbons (Fsp3) is 0.143. The Bertz CT molecular complexity index is 672. The molecule has 1 amide bonds. The summed E-state index contributed by atoms with van der Waals surface area (Å²) in [6.07, 6.45) is 0. The quantitative estimate of drug-likeness (QED) is 0.836. The van der Waals surface area contributed by atoms with Gasteiger partial charge >= 0.3 is 0 Å². The number of hydrogen-bond acceptors (Lipinski definition) is 3. The zero-order valence-corrected chi connectivity index (χ0v) is 13.0. The largest absolute Gasteiger partial charge is 0.392 e. The van der Waals surface area contributed by atoms with Crippen LogP contribution in [0.25, 0.3) is 0 Å². The summed E-state index contributed by atoms with van der Waals surface area (Å²) in [7, 11) is 0. The highest BCUT2D eigenvalue weighted by Gasteiger charge is 2.27. The second-order valence-electron chi connectivity index (χ2n) is 4.35. The molecule has 0 spiro atoms. The highest BCUT2D eigenvalue weighted by atomic mass is 35.5. The maximum absolute atomic E-state index is 11.9. The predicted octanol–water partition coefficient (Wildman–Crippen LogP) is 3.15. The van der Waals surface area contributed by atoms with Gasteiger partial charge in [-0.15, -0.1) is 0 Å². The maximum Gasteiger partial charge on any atom is 0.231 e. The molecule has 2 aromatic rings. The zero-order valence-electron chi connectivity index (χ0n) is 10.7. The van der Waals surface area contributed by atoms with Gasteiger partial charge in [0.1, 0.15) is 11.1 Å². The Labute approximate surface area is 136 Å². The van der Waals surface area contributed by atoms with Crippen LogP contribution >= 0.6 is 34.8 Å². The second-order valence-corrected chi connectivity index (χ2v) is 5.55. The number of carbonyl (C=O) groups is 1. The first kappa shape index (κ1) is 16.0. The molecule has 1 heterocycles.